The maximum Gasteiger partial charge on any atom is 0.223 e. The number of rotatable bonds is 2. The van der Waals surface area contributed by atoms with E-state index in [2.05, 4.69) is 12.2 Å². The van der Waals surface area contributed by atoms with Gasteiger partial charge in [0, 0.05) is 11.5 Å². The smallest absolute Gasteiger partial charge is 0.223 e. The Labute approximate surface area is 62.0 Å². The van der Waals surface area contributed by atoms with Gasteiger partial charge in [0.2, 0.25) is 5.91 Å². The van der Waals surface area contributed by atoms with Crippen LogP contribution in [0.1, 0.15) is 26.7 Å². The average Bonchev–Trinajstić information content (AvgIpc) is 2.35. The third kappa shape index (κ3) is 2.38. The molecule has 0 bridgehead atoms. The Morgan fingerprint density at radius 2 is 2.10 bits per heavy atom. The lowest BCUT2D eigenvalue weighted by molar-refractivity contribution is -0.123. The zero-order chi connectivity index (χ0) is 7.78. The number of nitrogens with one attached hydrogen (secondary N) is 1. The second-order valence-corrected chi connectivity index (χ2v) is 3.65. The highest BCUT2D eigenvalue weighted by atomic mass is 16.2. The van der Waals surface area contributed by atoms with Crippen LogP contribution in [0, 0.1) is 12.8 Å². The molecule has 0 aromatic heterocycles. The summed E-state index contributed by atoms with van der Waals surface area (Å²) in [6, 6.07) is 0. The topological polar surface area (TPSA) is 29.1 Å². The van der Waals surface area contributed by atoms with Crippen LogP contribution in [-0.2, 0) is 4.79 Å². The van der Waals surface area contributed by atoms with Crippen molar-refractivity contribution in [2.45, 2.75) is 32.2 Å². The number of hydrogen-bond acceptors (Lipinski definition) is 1. The van der Waals surface area contributed by atoms with Crippen molar-refractivity contribution in [1.29, 1.82) is 0 Å². The molecule has 1 aliphatic carbocycles. The minimum Gasteiger partial charge on any atom is -0.351 e. The van der Waals surface area contributed by atoms with E-state index in [1.54, 1.807) is 0 Å². The first-order valence-corrected chi connectivity index (χ1v) is 3.66. The van der Waals surface area contributed by atoms with E-state index in [0.717, 1.165) is 12.8 Å². The molecule has 57 valence electrons. The molecule has 1 amide bonds. The van der Waals surface area contributed by atoms with Gasteiger partial charge in [-0.3, -0.25) is 4.79 Å². The van der Waals surface area contributed by atoms with Gasteiger partial charge in [-0.2, -0.15) is 0 Å². The highest BCUT2D eigenvalue weighted by Crippen LogP contribution is 2.29. The van der Waals surface area contributed by atoms with Crippen molar-refractivity contribution in [3.05, 3.63) is 6.92 Å². The fourth-order valence-corrected chi connectivity index (χ4v) is 0.781. The molecule has 1 fully saturated rings. The van der Waals surface area contributed by atoms with Crippen LogP contribution in [0.2, 0.25) is 0 Å². The first-order chi connectivity index (χ1) is 4.49. The second-order valence-electron chi connectivity index (χ2n) is 3.65. The van der Waals surface area contributed by atoms with E-state index in [-0.39, 0.29) is 11.4 Å². The summed E-state index contributed by atoms with van der Waals surface area (Å²) in [5, 5.41) is 2.83. The van der Waals surface area contributed by atoms with Gasteiger partial charge in [0.05, 0.1) is 0 Å². The average molecular weight is 140 g/mol. The molecule has 10 heavy (non-hydrogen) atoms. The molecule has 1 aliphatic rings. The third-order valence-corrected chi connectivity index (χ3v) is 1.41. The van der Waals surface area contributed by atoms with Crippen molar-refractivity contribution in [3.8, 4) is 0 Å². The molecule has 0 spiro atoms. The fourth-order valence-electron chi connectivity index (χ4n) is 0.781. The maximum absolute atomic E-state index is 11.1. The van der Waals surface area contributed by atoms with Gasteiger partial charge in [0.15, 0.2) is 0 Å². The molecule has 0 aromatic carbocycles. The van der Waals surface area contributed by atoms with Crippen LogP contribution < -0.4 is 5.32 Å². The quantitative estimate of drug-likeness (QED) is 0.612. The van der Waals surface area contributed by atoms with Gasteiger partial charge in [-0.05, 0) is 33.6 Å². The van der Waals surface area contributed by atoms with Crippen LogP contribution in [0.25, 0.3) is 0 Å². The van der Waals surface area contributed by atoms with E-state index in [0.29, 0.717) is 5.92 Å². The van der Waals surface area contributed by atoms with Crippen molar-refractivity contribution < 1.29 is 4.79 Å². The summed E-state index contributed by atoms with van der Waals surface area (Å²) in [5.41, 5.74) is -0.306. The summed E-state index contributed by atoms with van der Waals surface area (Å²) >= 11 is 0. The summed E-state index contributed by atoms with van der Waals surface area (Å²) < 4.78 is 0. The number of carbonyl (C=O) groups excluding carboxylic acids is 1. The minimum absolute atomic E-state index is 0.167. The van der Waals surface area contributed by atoms with Gasteiger partial charge in [0.1, 0.15) is 0 Å². The Morgan fingerprint density at radius 3 is 2.40 bits per heavy atom. The number of amides is 1. The van der Waals surface area contributed by atoms with Crippen LogP contribution in [0.3, 0.4) is 0 Å². The van der Waals surface area contributed by atoms with Crippen LogP contribution in [0.5, 0.6) is 0 Å². The highest BCUT2D eigenvalue weighted by Gasteiger charge is 2.31. The SMILES string of the molecule is [CH2]C(C)(C)NC(=O)C1CC1. The summed E-state index contributed by atoms with van der Waals surface area (Å²) in [6.07, 6.45) is 2.11. The summed E-state index contributed by atoms with van der Waals surface area (Å²) in [4.78, 5) is 11.1. The van der Waals surface area contributed by atoms with Crippen molar-refractivity contribution in [2.24, 2.45) is 5.92 Å². The Morgan fingerprint density at radius 1 is 1.60 bits per heavy atom. The summed E-state index contributed by atoms with van der Waals surface area (Å²) in [6.45, 7) is 7.58. The molecule has 0 unspecified atom stereocenters. The van der Waals surface area contributed by atoms with E-state index in [4.69, 9.17) is 0 Å². The molecule has 0 aliphatic heterocycles. The number of hydrogen-bond donors (Lipinski definition) is 1. The predicted molar refractivity (Wildman–Crippen MR) is 40.3 cm³/mol. The molecule has 0 atom stereocenters. The lowest BCUT2D eigenvalue weighted by atomic mass is 10.1. The van der Waals surface area contributed by atoms with Crippen LogP contribution in [0.4, 0.5) is 0 Å². The van der Waals surface area contributed by atoms with Gasteiger partial charge in [0.25, 0.3) is 0 Å². The molecule has 2 heteroatoms. The van der Waals surface area contributed by atoms with Crippen molar-refractivity contribution in [3.63, 3.8) is 0 Å². The summed E-state index contributed by atoms with van der Waals surface area (Å²) in [5.74, 6) is 0.459. The van der Waals surface area contributed by atoms with E-state index < -0.39 is 0 Å². The molecular formula is C8H14NO. The maximum atomic E-state index is 11.1. The summed E-state index contributed by atoms with van der Waals surface area (Å²) in [7, 11) is 0. The highest BCUT2D eigenvalue weighted by molar-refractivity contribution is 5.81. The minimum atomic E-state index is -0.306. The Kier molecular flexibility index (Phi) is 1.71. The predicted octanol–water partition coefficient (Wildman–Crippen LogP) is 1.13. The fraction of sp³-hybridized carbons (Fsp3) is 0.750. The van der Waals surface area contributed by atoms with E-state index in [9.17, 15) is 4.79 Å². The van der Waals surface area contributed by atoms with Gasteiger partial charge in [-0.1, -0.05) is 0 Å². The van der Waals surface area contributed by atoms with Crippen LogP contribution >= 0.6 is 0 Å². The van der Waals surface area contributed by atoms with E-state index in [1.165, 1.54) is 0 Å². The molecular weight excluding hydrogens is 126 g/mol. The zero-order valence-corrected chi connectivity index (χ0v) is 6.61. The Balaban J connectivity index is 2.30. The monoisotopic (exact) mass is 140 g/mol. The second kappa shape index (κ2) is 2.26. The lowest BCUT2D eigenvalue weighted by Gasteiger charge is -2.19. The molecule has 1 N–H and O–H groups in total. The molecule has 1 saturated carbocycles. The van der Waals surface area contributed by atoms with Gasteiger partial charge in [-0.25, -0.2) is 0 Å². The van der Waals surface area contributed by atoms with Crippen LogP contribution in [0.15, 0.2) is 0 Å². The molecule has 0 aromatic rings. The van der Waals surface area contributed by atoms with Crippen molar-refractivity contribution >= 4 is 5.91 Å². The molecule has 2 nitrogen and oxygen atoms in total. The number of carbonyl (C=O) groups is 1. The molecule has 0 heterocycles. The third-order valence-electron chi connectivity index (χ3n) is 1.41. The Hall–Kier alpha value is -0.530. The van der Waals surface area contributed by atoms with E-state index in [1.807, 2.05) is 13.8 Å². The Bertz CT molecular complexity index is 142. The molecule has 0 saturated heterocycles. The van der Waals surface area contributed by atoms with Crippen molar-refractivity contribution in [2.75, 3.05) is 0 Å². The first kappa shape index (κ1) is 7.58. The van der Waals surface area contributed by atoms with Gasteiger partial charge in [-0.15, -0.1) is 0 Å². The largest absolute Gasteiger partial charge is 0.351 e. The molecule has 1 radical (unpaired) electrons. The van der Waals surface area contributed by atoms with Crippen molar-refractivity contribution in [1.82, 2.24) is 5.32 Å². The molecule has 1 rings (SSSR count). The van der Waals surface area contributed by atoms with Gasteiger partial charge < -0.3 is 5.32 Å². The first-order valence-electron chi connectivity index (χ1n) is 3.66. The van der Waals surface area contributed by atoms with E-state index >= 15 is 0 Å². The normalized spacial score (nSPS) is 18.7. The van der Waals surface area contributed by atoms with Gasteiger partial charge >= 0.3 is 0 Å². The zero-order valence-electron chi connectivity index (χ0n) is 6.61. The standard InChI is InChI=1S/C8H14NO/c1-8(2,3)9-7(10)6-4-5-6/h6H,1,4-5H2,2-3H3,(H,9,10). The lowest BCUT2D eigenvalue weighted by Crippen LogP contribution is -2.41. The van der Waals surface area contributed by atoms with Crippen LogP contribution in [-0.4, -0.2) is 11.4 Å².